The zero-order valence-corrected chi connectivity index (χ0v) is 12.8. The maximum Gasteiger partial charge on any atom is 0.0495 e. The number of fused-ring (bicyclic) bond motifs is 1. The van der Waals surface area contributed by atoms with E-state index in [1.807, 2.05) is 18.2 Å². The molecule has 0 aliphatic heterocycles. The van der Waals surface area contributed by atoms with Gasteiger partial charge in [-0.2, -0.15) is 0 Å². The molecule has 0 spiro atoms. The molecule has 2 N–H and O–H groups in total. The molecular formula is C18H19ClN2. The van der Waals surface area contributed by atoms with Crippen LogP contribution in [-0.2, 0) is 13.5 Å². The van der Waals surface area contributed by atoms with Gasteiger partial charge < -0.3 is 10.3 Å². The average molecular weight is 299 g/mol. The smallest absolute Gasteiger partial charge is 0.0495 e. The molecule has 3 aromatic rings. The molecule has 0 amide bonds. The van der Waals surface area contributed by atoms with Crippen LogP contribution < -0.4 is 5.73 Å². The fraction of sp³-hybridized carbons (Fsp3) is 0.222. The van der Waals surface area contributed by atoms with Gasteiger partial charge >= 0.3 is 0 Å². The Balaban J connectivity index is 2.01. The Labute approximate surface area is 130 Å². The van der Waals surface area contributed by atoms with E-state index in [0.29, 0.717) is 12.5 Å². The third-order valence-electron chi connectivity index (χ3n) is 4.03. The van der Waals surface area contributed by atoms with Gasteiger partial charge in [0.2, 0.25) is 0 Å². The molecule has 108 valence electrons. The van der Waals surface area contributed by atoms with Crippen LogP contribution in [0.5, 0.6) is 0 Å². The number of nitrogens with zero attached hydrogens (tertiary/aromatic N) is 1. The summed E-state index contributed by atoms with van der Waals surface area (Å²) in [5, 5.41) is 2.01. The minimum atomic E-state index is 0.317. The van der Waals surface area contributed by atoms with Gasteiger partial charge in [-0.15, -0.1) is 0 Å². The van der Waals surface area contributed by atoms with Crippen LogP contribution in [0.4, 0.5) is 0 Å². The summed E-state index contributed by atoms with van der Waals surface area (Å²) in [5.41, 5.74) is 9.82. The van der Waals surface area contributed by atoms with Gasteiger partial charge in [-0.3, -0.25) is 0 Å². The molecule has 2 aromatic carbocycles. The highest BCUT2D eigenvalue weighted by atomic mass is 35.5. The molecule has 3 heteroatoms. The van der Waals surface area contributed by atoms with E-state index < -0.39 is 0 Å². The van der Waals surface area contributed by atoms with Crippen molar-refractivity contribution in [2.75, 3.05) is 6.54 Å². The van der Waals surface area contributed by atoms with Gasteiger partial charge in [-0.05, 0) is 36.2 Å². The first-order valence-corrected chi connectivity index (χ1v) is 7.55. The van der Waals surface area contributed by atoms with Gasteiger partial charge in [-0.25, -0.2) is 0 Å². The van der Waals surface area contributed by atoms with E-state index in [0.717, 1.165) is 17.0 Å². The SMILES string of the molecule is Cn1cc(C(CN)Cc2ccccc2)c2ccc(Cl)cc21. The third-order valence-corrected chi connectivity index (χ3v) is 4.27. The average Bonchev–Trinajstić information content (AvgIpc) is 2.82. The highest BCUT2D eigenvalue weighted by Crippen LogP contribution is 2.30. The maximum absolute atomic E-state index is 6.11. The highest BCUT2D eigenvalue weighted by Gasteiger charge is 2.16. The zero-order chi connectivity index (χ0) is 14.8. The van der Waals surface area contributed by atoms with Crippen molar-refractivity contribution in [2.24, 2.45) is 12.8 Å². The molecule has 0 aliphatic carbocycles. The zero-order valence-electron chi connectivity index (χ0n) is 12.1. The van der Waals surface area contributed by atoms with E-state index in [1.54, 1.807) is 0 Å². The van der Waals surface area contributed by atoms with Crippen LogP contribution >= 0.6 is 11.6 Å². The Morgan fingerprint density at radius 1 is 1.14 bits per heavy atom. The lowest BCUT2D eigenvalue weighted by atomic mass is 9.92. The van der Waals surface area contributed by atoms with Crippen molar-refractivity contribution in [1.29, 1.82) is 0 Å². The third kappa shape index (κ3) is 2.82. The molecule has 1 unspecified atom stereocenters. The number of benzene rings is 2. The number of nitrogens with two attached hydrogens (primary N) is 1. The summed E-state index contributed by atoms with van der Waals surface area (Å²) in [6.07, 6.45) is 3.14. The van der Waals surface area contributed by atoms with Crippen LogP contribution in [0.1, 0.15) is 17.0 Å². The summed E-state index contributed by atoms with van der Waals surface area (Å²) >= 11 is 6.11. The maximum atomic E-state index is 6.11. The van der Waals surface area contributed by atoms with E-state index in [-0.39, 0.29) is 0 Å². The summed E-state index contributed by atoms with van der Waals surface area (Å²) in [5.74, 6) is 0.317. The topological polar surface area (TPSA) is 30.9 Å². The van der Waals surface area contributed by atoms with Gasteiger partial charge in [0.1, 0.15) is 0 Å². The van der Waals surface area contributed by atoms with E-state index >= 15 is 0 Å². The highest BCUT2D eigenvalue weighted by molar-refractivity contribution is 6.31. The first kappa shape index (κ1) is 14.2. The molecule has 0 fully saturated rings. The predicted octanol–water partition coefficient (Wildman–Crippen LogP) is 4.12. The Hall–Kier alpha value is -1.77. The number of aryl methyl sites for hydroxylation is 1. The number of hydrogen-bond donors (Lipinski definition) is 1. The lowest BCUT2D eigenvalue weighted by molar-refractivity contribution is 0.696. The summed E-state index contributed by atoms with van der Waals surface area (Å²) in [6.45, 7) is 0.636. The van der Waals surface area contributed by atoms with Crippen molar-refractivity contribution >= 4 is 22.5 Å². The summed E-state index contributed by atoms with van der Waals surface area (Å²) in [4.78, 5) is 0. The van der Waals surface area contributed by atoms with Crippen LogP contribution in [0.25, 0.3) is 10.9 Å². The second kappa shape index (κ2) is 5.92. The standard InChI is InChI=1S/C18H19ClN2/c1-21-12-17(16-8-7-15(19)10-18(16)21)14(11-20)9-13-5-3-2-4-6-13/h2-8,10,12,14H,9,11,20H2,1H3. The molecule has 2 nitrogen and oxygen atoms in total. The van der Waals surface area contributed by atoms with Crippen molar-refractivity contribution < 1.29 is 0 Å². The first-order valence-electron chi connectivity index (χ1n) is 7.17. The Morgan fingerprint density at radius 2 is 1.90 bits per heavy atom. The molecule has 1 heterocycles. The van der Waals surface area contributed by atoms with Crippen LogP contribution in [0.15, 0.2) is 54.7 Å². The van der Waals surface area contributed by atoms with E-state index in [1.165, 1.54) is 16.5 Å². The molecule has 0 saturated heterocycles. The summed E-state index contributed by atoms with van der Waals surface area (Å²) in [6, 6.07) is 16.6. The van der Waals surface area contributed by atoms with Gasteiger partial charge in [-0.1, -0.05) is 48.0 Å². The molecule has 0 saturated carbocycles. The van der Waals surface area contributed by atoms with Crippen molar-refractivity contribution in [3.8, 4) is 0 Å². The van der Waals surface area contributed by atoms with Crippen molar-refractivity contribution in [3.63, 3.8) is 0 Å². The summed E-state index contributed by atoms with van der Waals surface area (Å²) < 4.78 is 2.13. The van der Waals surface area contributed by atoms with Gasteiger partial charge in [0.15, 0.2) is 0 Å². The monoisotopic (exact) mass is 298 g/mol. The molecule has 1 aromatic heterocycles. The Bertz CT molecular complexity index is 747. The van der Waals surface area contributed by atoms with Gasteiger partial charge in [0.25, 0.3) is 0 Å². The molecule has 3 rings (SSSR count). The van der Waals surface area contributed by atoms with Crippen LogP contribution in [0, 0.1) is 0 Å². The number of halogens is 1. The lowest BCUT2D eigenvalue weighted by Gasteiger charge is -2.14. The van der Waals surface area contributed by atoms with E-state index in [4.69, 9.17) is 17.3 Å². The normalized spacial score (nSPS) is 12.7. The molecule has 0 radical (unpaired) electrons. The quantitative estimate of drug-likeness (QED) is 0.772. The van der Waals surface area contributed by atoms with E-state index in [2.05, 4.69) is 48.1 Å². The molecule has 21 heavy (non-hydrogen) atoms. The van der Waals surface area contributed by atoms with Crippen molar-refractivity contribution in [2.45, 2.75) is 12.3 Å². The second-order valence-corrected chi connectivity index (χ2v) is 5.92. The lowest BCUT2D eigenvalue weighted by Crippen LogP contribution is -2.14. The summed E-state index contributed by atoms with van der Waals surface area (Å²) in [7, 11) is 2.05. The van der Waals surface area contributed by atoms with Crippen LogP contribution in [-0.4, -0.2) is 11.1 Å². The predicted molar refractivity (Wildman–Crippen MR) is 89.9 cm³/mol. The van der Waals surface area contributed by atoms with Crippen LogP contribution in [0.3, 0.4) is 0 Å². The number of aromatic nitrogens is 1. The Kier molecular flexibility index (Phi) is 4.00. The van der Waals surface area contributed by atoms with Gasteiger partial charge in [0, 0.05) is 35.1 Å². The Morgan fingerprint density at radius 3 is 2.62 bits per heavy atom. The largest absolute Gasteiger partial charge is 0.350 e. The molecule has 1 atom stereocenters. The second-order valence-electron chi connectivity index (χ2n) is 5.48. The molecule has 0 aliphatic rings. The first-order chi connectivity index (χ1) is 10.2. The fourth-order valence-corrected chi connectivity index (χ4v) is 3.10. The van der Waals surface area contributed by atoms with Crippen LogP contribution in [0.2, 0.25) is 5.02 Å². The molecular weight excluding hydrogens is 280 g/mol. The number of rotatable bonds is 4. The number of hydrogen-bond acceptors (Lipinski definition) is 1. The minimum Gasteiger partial charge on any atom is -0.350 e. The van der Waals surface area contributed by atoms with Crippen molar-refractivity contribution in [1.82, 2.24) is 4.57 Å². The van der Waals surface area contributed by atoms with E-state index in [9.17, 15) is 0 Å². The van der Waals surface area contributed by atoms with Gasteiger partial charge in [0.05, 0.1) is 0 Å². The molecule has 0 bridgehead atoms. The fourth-order valence-electron chi connectivity index (χ4n) is 2.93. The van der Waals surface area contributed by atoms with Crippen molar-refractivity contribution in [3.05, 3.63) is 70.9 Å². The minimum absolute atomic E-state index is 0.317.